The van der Waals surface area contributed by atoms with Gasteiger partial charge in [0.1, 0.15) is 23.8 Å². The van der Waals surface area contributed by atoms with E-state index in [1.807, 2.05) is 27.7 Å². The average molecular weight is 652 g/mol. The minimum absolute atomic E-state index is 0. The van der Waals surface area contributed by atoms with Crippen LogP contribution in [0.4, 0.5) is 0 Å². The number of hydrogen-bond donors (Lipinski definition) is 7. The zero-order valence-corrected chi connectivity index (χ0v) is 27.9. The number of aliphatic hydroxyl groups is 1. The molecule has 0 spiro atoms. The Bertz CT molecular complexity index is 1170. The largest absolute Gasteiger partial charge is 0.390 e. The second kappa shape index (κ2) is 21.1. The number of carbonyl (C=O) groups excluding carboxylic acids is 5. The Hall–Kier alpha value is -3.81. The number of aromatic nitrogens is 2. The number of aromatic amines is 1. The van der Waals surface area contributed by atoms with Crippen LogP contribution >= 0.6 is 0 Å². The molecular weight excluding hydrogens is 594 g/mol. The molecular formula is C32H57N7O7. The third-order valence-electron chi connectivity index (χ3n) is 7.43. The van der Waals surface area contributed by atoms with Crippen molar-refractivity contribution in [1.82, 2.24) is 36.6 Å². The fraction of sp³-hybridized carbons (Fsp3) is 0.719. The van der Waals surface area contributed by atoms with E-state index in [9.17, 15) is 33.9 Å². The Labute approximate surface area is 273 Å². The van der Waals surface area contributed by atoms with Crippen LogP contribution in [0.2, 0.25) is 0 Å². The van der Waals surface area contributed by atoms with Gasteiger partial charge in [-0.05, 0) is 37.5 Å². The molecule has 0 radical (unpaired) electrons. The first-order valence-corrected chi connectivity index (χ1v) is 15.9. The van der Waals surface area contributed by atoms with Crippen LogP contribution in [0.25, 0.3) is 0 Å². The summed E-state index contributed by atoms with van der Waals surface area (Å²) in [6.07, 6.45) is 2.26. The third-order valence-corrected chi connectivity index (χ3v) is 7.43. The summed E-state index contributed by atoms with van der Waals surface area (Å²) in [4.78, 5) is 82.4. The van der Waals surface area contributed by atoms with E-state index in [-0.39, 0.29) is 49.6 Å². The lowest BCUT2D eigenvalue weighted by Crippen LogP contribution is -2.58. The smallest absolute Gasteiger partial charge is 0.272 e. The minimum Gasteiger partial charge on any atom is -0.390 e. The highest BCUT2D eigenvalue weighted by atomic mass is 16.3. The maximum atomic E-state index is 13.5. The molecule has 0 bridgehead atoms. The van der Waals surface area contributed by atoms with Gasteiger partial charge in [0.2, 0.25) is 23.6 Å². The van der Waals surface area contributed by atoms with E-state index in [1.165, 1.54) is 0 Å². The molecule has 7 N–H and O–H groups in total. The number of H-pyrrole nitrogens is 1. The lowest BCUT2D eigenvalue weighted by Gasteiger charge is -2.30. The Balaban J connectivity index is 0.0000202. The van der Waals surface area contributed by atoms with Crippen molar-refractivity contribution in [3.63, 3.8) is 0 Å². The topological polar surface area (TPSA) is 211 Å². The summed E-state index contributed by atoms with van der Waals surface area (Å²) in [5, 5.41) is 24.6. The van der Waals surface area contributed by atoms with Crippen LogP contribution in [0.5, 0.6) is 0 Å². The number of amides is 5. The van der Waals surface area contributed by atoms with Crippen molar-refractivity contribution in [3.05, 3.63) is 28.4 Å². The first kappa shape index (κ1) is 42.2. The number of likely N-dealkylation sites (N-methyl/N-ethyl adjacent to an activating group) is 1. The van der Waals surface area contributed by atoms with E-state index in [2.05, 4.69) is 36.6 Å². The van der Waals surface area contributed by atoms with Crippen molar-refractivity contribution in [2.24, 2.45) is 17.8 Å². The molecule has 14 heteroatoms. The number of carbonyl (C=O) groups is 5. The molecule has 262 valence electrons. The van der Waals surface area contributed by atoms with Gasteiger partial charge in [-0.1, -0.05) is 68.7 Å². The molecule has 0 aliphatic heterocycles. The SMILES string of the molecule is C.CCC[C@H](NC(=O)[C@@H](NC(=O)c1c[nH]c(=O)cn1)[C@@H](C)CC)C(=O)N[C@@H](CC(C)C)[C@@H](O)CC(=O)N[C@H](C(=O)NCC)C(C)C. The lowest BCUT2D eigenvalue weighted by atomic mass is 9.95. The number of rotatable bonds is 19. The van der Waals surface area contributed by atoms with Crippen molar-refractivity contribution in [2.45, 2.75) is 125 Å². The second-order valence-corrected chi connectivity index (χ2v) is 12.2. The van der Waals surface area contributed by atoms with Crippen molar-refractivity contribution in [1.29, 1.82) is 0 Å². The van der Waals surface area contributed by atoms with Gasteiger partial charge in [-0.25, -0.2) is 4.98 Å². The van der Waals surface area contributed by atoms with Gasteiger partial charge >= 0.3 is 0 Å². The molecule has 1 aromatic heterocycles. The first-order valence-electron chi connectivity index (χ1n) is 15.9. The predicted octanol–water partition coefficient (Wildman–Crippen LogP) is 1.39. The molecule has 1 rings (SSSR count). The highest BCUT2D eigenvalue weighted by molar-refractivity contribution is 5.97. The molecule has 14 nitrogen and oxygen atoms in total. The summed E-state index contributed by atoms with van der Waals surface area (Å²) >= 11 is 0. The zero-order chi connectivity index (χ0) is 34.3. The molecule has 0 aliphatic carbocycles. The third kappa shape index (κ3) is 14.1. The van der Waals surface area contributed by atoms with Gasteiger partial charge < -0.3 is 36.7 Å². The molecule has 0 saturated carbocycles. The van der Waals surface area contributed by atoms with E-state index in [0.29, 0.717) is 25.8 Å². The van der Waals surface area contributed by atoms with Gasteiger partial charge in [0.25, 0.3) is 11.5 Å². The summed E-state index contributed by atoms with van der Waals surface area (Å²) in [5.41, 5.74) is -0.546. The summed E-state index contributed by atoms with van der Waals surface area (Å²) in [7, 11) is 0. The maximum absolute atomic E-state index is 13.5. The van der Waals surface area contributed by atoms with Crippen LogP contribution in [0.15, 0.2) is 17.2 Å². The van der Waals surface area contributed by atoms with Crippen LogP contribution < -0.4 is 32.1 Å². The van der Waals surface area contributed by atoms with Gasteiger partial charge in [-0.3, -0.25) is 28.8 Å². The van der Waals surface area contributed by atoms with Crippen LogP contribution in [0.1, 0.15) is 105 Å². The zero-order valence-electron chi connectivity index (χ0n) is 27.9. The molecule has 0 saturated heterocycles. The number of nitrogens with zero attached hydrogens (tertiary/aromatic N) is 1. The minimum atomic E-state index is -1.26. The van der Waals surface area contributed by atoms with E-state index in [4.69, 9.17) is 0 Å². The fourth-order valence-corrected chi connectivity index (χ4v) is 4.69. The standard InChI is InChI=1S/C31H53N7O7.CH4/c1-9-12-20(35-31(45)27(19(8)10-2)38-29(43)22-15-34-25(41)16-33-22)28(42)36-21(13-17(4)5)23(39)14-24(40)37-26(18(6)7)30(44)32-11-3;/h15-21,23,26-27,39H,9-14H2,1-8H3,(H,32,44)(H,34,41)(H,35,45)(H,36,42)(H,37,40)(H,38,43);1H4/t19-,20-,21-,23-,26-,27-;/m0./s1. The van der Waals surface area contributed by atoms with Gasteiger partial charge in [-0.15, -0.1) is 0 Å². The van der Waals surface area contributed by atoms with Crippen LogP contribution in [0, 0.1) is 17.8 Å². The van der Waals surface area contributed by atoms with E-state index in [0.717, 1.165) is 12.4 Å². The molecule has 1 aromatic rings. The molecule has 0 aromatic carbocycles. The van der Waals surface area contributed by atoms with E-state index < -0.39 is 59.5 Å². The number of aliphatic hydroxyl groups excluding tert-OH is 1. The van der Waals surface area contributed by atoms with Crippen LogP contribution in [-0.2, 0) is 19.2 Å². The molecule has 5 amide bonds. The summed E-state index contributed by atoms with van der Waals surface area (Å²) in [6.45, 7) is 15.1. The normalized spacial score (nSPS) is 14.9. The molecule has 46 heavy (non-hydrogen) atoms. The molecule has 0 fully saturated rings. The van der Waals surface area contributed by atoms with E-state index >= 15 is 0 Å². The van der Waals surface area contributed by atoms with Crippen molar-refractivity contribution >= 4 is 29.5 Å². The fourth-order valence-electron chi connectivity index (χ4n) is 4.69. The van der Waals surface area contributed by atoms with Gasteiger partial charge in [-0.2, -0.15) is 0 Å². The summed E-state index contributed by atoms with van der Waals surface area (Å²) in [5.74, 6) is -3.04. The Morgan fingerprint density at radius 1 is 0.891 bits per heavy atom. The Morgan fingerprint density at radius 3 is 2.04 bits per heavy atom. The predicted molar refractivity (Wildman–Crippen MR) is 177 cm³/mol. The quantitative estimate of drug-likeness (QED) is 0.116. The Kier molecular flexibility index (Phi) is 19.3. The van der Waals surface area contributed by atoms with Crippen LogP contribution in [-0.4, -0.2) is 81.4 Å². The van der Waals surface area contributed by atoms with Gasteiger partial charge in [0.15, 0.2) is 0 Å². The number of hydrogen-bond acceptors (Lipinski definition) is 8. The van der Waals surface area contributed by atoms with Crippen molar-refractivity contribution in [3.8, 4) is 0 Å². The maximum Gasteiger partial charge on any atom is 0.272 e. The molecule has 0 aliphatic rings. The number of nitrogens with one attached hydrogen (secondary N) is 6. The Morgan fingerprint density at radius 2 is 1.54 bits per heavy atom. The molecule has 1 heterocycles. The highest BCUT2D eigenvalue weighted by Crippen LogP contribution is 2.14. The summed E-state index contributed by atoms with van der Waals surface area (Å²) < 4.78 is 0. The average Bonchev–Trinajstić information content (AvgIpc) is 2.97. The van der Waals surface area contributed by atoms with Crippen molar-refractivity contribution in [2.75, 3.05) is 6.54 Å². The van der Waals surface area contributed by atoms with E-state index in [1.54, 1.807) is 27.7 Å². The second-order valence-electron chi connectivity index (χ2n) is 12.2. The summed E-state index contributed by atoms with van der Waals surface area (Å²) in [6, 6.07) is -3.55. The van der Waals surface area contributed by atoms with Crippen molar-refractivity contribution < 1.29 is 29.1 Å². The lowest BCUT2D eigenvalue weighted by molar-refractivity contribution is -0.133. The monoisotopic (exact) mass is 651 g/mol. The molecule has 0 unspecified atom stereocenters. The van der Waals surface area contributed by atoms with Gasteiger partial charge in [0.05, 0.1) is 24.8 Å². The van der Waals surface area contributed by atoms with Crippen LogP contribution in [0.3, 0.4) is 0 Å². The first-order chi connectivity index (χ1) is 21.1. The molecule has 6 atom stereocenters. The van der Waals surface area contributed by atoms with Gasteiger partial charge in [0, 0.05) is 12.7 Å². The highest BCUT2D eigenvalue weighted by Gasteiger charge is 2.33.